The number of hydrogen-bond donors (Lipinski definition) is 3. The van der Waals surface area contributed by atoms with E-state index < -0.39 is 0 Å². The Bertz CT molecular complexity index is 313. The number of nitrogens with one attached hydrogen (secondary N) is 2. The second-order valence-corrected chi connectivity index (χ2v) is 3.93. The molecule has 0 saturated carbocycles. The first-order valence-electron chi connectivity index (χ1n) is 6.01. The van der Waals surface area contributed by atoms with Gasteiger partial charge in [-0.15, -0.1) is 0 Å². The lowest BCUT2D eigenvalue weighted by molar-refractivity contribution is -0.129. The monoisotopic (exact) mass is 252 g/mol. The highest BCUT2D eigenvalue weighted by molar-refractivity contribution is 5.37. The lowest BCUT2D eigenvalue weighted by atomic mass is 10.2. The maximum absolute atomic E-state index is 9.76. The SMILES string of the molecule is O=COCc1ccccc1.OCC1CNCCN1. The summed E-state index contributed by atoms with van der Waals surface area (Å²) in [6.45, 7) is 3.96. The Kier molecular flexibility index (Phi) is 7.79. The minimum atomic E-state index is 0.243. The summed E-state index contributed by atoms with van der Waals surface area (Å²) < 4.78 is 4.54. The average molecular weight is 252 g/mol. The molecular weight excluding hydrogens is 232 g/mol. The lowest BCUT2D eigenvalue weighted by Crippen LogP contribution is -2.49. The molecule has 1 aromatic carbocycles. The zero-order valence-corrected chi connectivity index (χ0v) is 10.3. The van der Waals surface area contributed by atoms with E-state index in [-0.39, 0.29) is 12.6 Å². The van der Waals surface area contributed by atoms with Crippen LogP contribution in [0.5, 0.6) is 0 Å². The normalized spacial score (nSPS) is 18.4. The Balaban J connectivity index is 0.000000184. The molecule has 1 aliphatic heterocycles. The van der Waals surface area contributed by atoms with Gasteiger partial charge in [0, 0.05) is 25.7 Å². The van der Waals surface area contributed by atoms with Crippen LogP contribution in [0.15, 0.2) is 30.3 Å². The Morgan fingerprint density at radius 1 is 1.33 bits per heavy atom. The lowest BCUT2D eigenvalue weighted by Gasteiger charge is -2.21. The van der Waals surface area contributed by atoms with Crippen molar-refractivity contribution in [2.24, 2.45) is 0 Å². The minimum absolute atomic E-state index is 0.243. The molecule has 3 N–H and O–H groups in total. The van der Waals surface area contributed by atoms with Crippen LogP contribution in [0.4, 0.5) is 0 Å². The zero-order chi connectivity index (χ0) is 13.1. The van der Waals surface area contributed by atoms with Crippen molar-refractivity contribution in [3.63, 3.8) is 0 Å². The van der Waals surface area contributed by atoms with Gasteiger partial charge < -0.3 is 20.5 Å². The van der Waals surface area contributed by atoms with Crippen LogP contribution in [0.1, 0.15) is 5.56 Å². The number of aliphatic hydroxyl groups is 1. The molecule has 18 heavy (non-hydrogen) atoms. The van der Waals surface area contributed by atoms with E-state index in [2.05, 4.69) is 15.4 Å². The summed E-state index contributed by atoms with van der Waals surface area (Å²) in [6, 6.07) is 9.83. The molecule has 0 aromatic heterocycles. The molecule has 2 rings (SSSR count). The van der Waals surface area contributed by atoms with E-state index in [0.29, 0.717) is 13.1 Å². The maximum atomic E-state index is 9.76. The summed E-state index contributed by atoms with van der Waals surface area (Å²) in [6.07, 6.45) is 0. The Morgan fingerprint density at radius 3 is 2.61 bits per heavy atom. The first kappa shape index (κ1) is 14.6. The number of hydrogen-bond acceptors (Lipinski definition) is 5. The second kappa shape index (κ2) is 9.58. The molecule has 1 heterocycles. The highest BCUT2D eigenvalue weighted by Crippen LogP contribution is 1.98. The van der Waals surface area contributed by atoms with Crippen molar-refractivity contribution in [3.8, 4) is 0 Å². The average Bonchev–Trinajstić information content (AvgIpc) is 2.48. The Hall–Kier alpha value is -1.43. The summed E-state index contributed by atoms with van der Waals surface area (Å²) in [7, 11) is 0. The molecule has 0 spiro atoms. The quantitative estimate of drug-likeness (QED) is 0.653. The Morgan fingerprint density at radius 2 is 2.11 bits per heavy atom. The van der Waals surface area contributed by atoms with E-state index in [4.69, 9.17) is 5.11 Å². The van der Waals surface area contributed by atoms with Crippen LogP contribution in [0, 0.1) is 0 Å². The van der Waals surface area contributed by atoms with Gasteiger partial charge in [0.2, 0.25) is 0 Å². The molecular formula is C13H20N2O3. The van der Waals surface area contributed by atoms with Gasteiger partial charge >= 0.3 is 0 Å². The molecule has 5 heteroatoms. The number of ether oxygens (including phenoxy) is 1. The molecule has 100 valence electrons. The Labute approximate surface area is 107 Å². The van der Waals surface area contributed by atoms with E-state index in [1.165, 1.54) is 0 Å². The number of carbonyl (C=O) groups excluding carboxylic acids is 1. The number of carbonyl (C=O) groups is 1. The largest absolute Gasteiger partial charge is 0.463 e. The van der Waals surface area contributed by atoms with Crippen molar-refractivity contribution in [3.05, 3.63) is 35.9 Å². The van der Waals surface area contributed by atoms with Crippen LogP contribution in [0.25, 0.3) is 0 Å². The maximum Gasteiger partial charge on any atom is 0.293 e. The van der Waals surface area contributed by atoms with Crippen molar-refractivity contribution >= 4 is 6.47 Å². The van der Waals surface area contributed by atoms with Gasteiger partial charge in [-0.2, -0.15) is 0 Å². The second-order valence-electron chi connectivity index (χ2n) is 3.93. The van der Waals surface area contributed by atoms with Crippen LogP contribution >= 0.6 is 0 Å². The highest BCUT2D eigenvalue weighted by Gasteiger charge is 2.08. The standard InChI is InChI=1S/C8H8O2.C5H12N2O/c9-7-10-6-8-4-2-1-3-5-8;8-4-5-3-6-1-2-7-5/h1-5,7H,6H2;5-8H,1-4H2. The third kappa shape index (κ3) is 6.34. The van der Waals surface area contributed by atoms with Gasteiger partial charge in [-0.1, -0.05) is 30.3 Å². The predicted octanol–water partition coefficient (Wildman–Crippen LogP) is -0.100. The van der Waals surface area contributed by atoms with Crippen LogP contribution < -0.4 is 10.6 Å². The van der Waals surface area contributed by atoms with Crippen molar-refractivity contribution in [1.82, 2.24) is 10.6 Å². The molecule has 1 atom stereocenters. The van der Waals surface area contributed by atoms with E-state index in [1.807, 2.05) is 30.3 Å². The van der Waals surface area contributed by atoms with E-state index >= 15 is 0 Å². The van der Waals surface area contributed by atoms with Crippen LogP contribution in [0.2, 0.25) is 0 Å². The minimum Gasteiger partial charge on any atom is -0.463 e. The highest BCUT2D eigenvalue weighted by atomic mass is 16.5. The van der Waals surface area contributed by atoms with Crippen LogP contribution in [-0.2, 0) is 16.1 Å². The predicted molar refractivity (Wildman–Crippen MR) is 69.0 cm³/mol. The molecule has 0 bridgehead atoms. The first-order valence-corrected chi connectivity index (χ1v) is 6.01. The van der Waals surface area contributed by atoms with Crippen molar-refractivity contribution in [1.29, 1.82) is 0 Å². The topological polar surface area (TPSA) is 70.6 Å². The number of piperazine rings is 1. The number of rotatable bonds is 4. The van der Waals surface area contributed by atoms with Crippen LogP contribution in [-0.4, -0.2) is 43.9 Å². The zero-order valence-electron chi connectivity index (χ0n) is 10.3. The fourth-order valence-electron chi connectivity index (χ4n) is 1.55. The molecule has 1 unspecified atom stereocenters. The molecule has 1 saturated heterocycles. The third-order valence-corrected chi connectivity index (χ3v) is 2.51. The summed E-state index contributed by atoms with van der Waals surface area (Å²) in [5.74, 6) is 0. The van der Waals surface area contributed by atoms with E-state index in [1.54, 1.807) is 0 Å². The van der Waals surface area contributed by atoms with Crippen molar-refractivity contribution in [2.75, 3.05) is 26.2 Å². The van der Waals surface area contributed by atoms with Crippen LogP contribution in [0.3, 0.4) is 0 Å². The van der Waals surface area contributed by atoms with Gasteiger partial charge in [-0.3, -0.25) is 4.79 Å². The van der Waals surface area contributed by atoms with Gasteiger partial charge in [0.1, 0.15) is 6.61 Å². The fraction of sp³-hybridized carbons (Fsp3) is 0.462. The number of aliphatic hydroxyl groups excluding tert-OH is 1. The third-order valence-electron chi connectivity index (χ3n) is 2.51. The number of benzene rings is 1. The molecule has 1 fully saturated rings. The molecule has 5 nitrogen and oxygen atoms in total. The summed E-state index contributed by atoms with van der Waals surface area (Å²) in [5, 5.41) is 14.9. The molecule has 0 amide bonds. The summed E-state index contributed by atoms with van der Waals surface area (Å²) >= 11 is 0. The van der Waals surface area contributed by atoms with E-state index in [9.17, 15) is 4.79 Å². The van der Waals surface area contributed by atoms with Gasteiger partial charge in [-0.05, 0) is 5.56 Å². The molecule has 0 radical (unpaired) electrons. The van der Waals surface area contributed by atoms with Gasteiger partial charge in [-0.25, -0.2) is 0 Å². The molecule has 1 aromatic rings. The molecule has 1 aliphatic rings. The van der Waals surface area contributed by atoms with Gasteiger partial charge in [0.25, 0.3) is 6.47 Å². The first-order chi connectivity index (χ1) is 8.86. The smallest absolute Gasteiger partial charge is 0.293 e. The van der Waals surface area contributed by atoms with Crippen molar-refractivity contribution < 1.29 is 14.6 Å². The van der Waals surface area contributed by atoms with Crippen molar-refractivity contribution in [2.45, 2.75) is 12.6 Å². The van der Waals surface area contributed by atoms with Gasteiger partial charge in [0.15, 0.2) is 0 Å². The fourth-order valence-corrected chi connectivity index (χ4v) is 1.55. The van der Waals surface area contributed by atoms with E-state index in [0.717, 1.165) is 25.2 Å². The van der Waals surface area contributed by atoms with Gasteiger partial charge in [0.05, 0.1) is 6.61 Å². The molecule has 0 aliphatic carbocycles. The summed E-state index contributed by atoms with van der Waals surface area (Å²) in [4.78, 5) is 9.76. The summed E-state index contributed by atoms with van der Waals surface area (Å²) in [5.41, 5.74) is 1.01.